The number of halogens is 2. The van der Waals surface area contributed by atoms with E-state index in [1.54, 1.807) is 13.0 Å². The molecule has 4 aromatic rings. The number of nitrogens with zero attached hydrogens (tertiary/aromatic N) is 2. The van der Waals surface area contributed by atoms with Gasteiger partial charge in [0.05, 0.1) is 16.1 Å². The number of H-pyrrole nitrogens is 1. The van der Waals surface area contributed by atoms with Crippen LogP contribution in [0.3, 0.4) is 0 Å². The number of carbonyl (C=O) groups is 1. The number of rotatable bonds is 8. The Morgan fingerprint density at radius 3 is 2.47 bits per heavy atom. The van der Waals surface area contributed by atoms with Crippen LogP contribution in [0.2, 0.25) is 0 Å². The van der Waals surface area contributed by atoms with Crippen molar-refractivity contribution < 1.29 is 30.8 Å². The molecule has 0 radical (unpaired) electrons. The van der Waals surface area contributed by atoms with Gasteiger partial charge < -0.3 is 9.54 Å². The maximum absolute atomic E-state index is 15.3. The average molecular weight is 534 g/mol. The van der Waals surface area contributed by atoms with Gasteiger partial charge in [-0.05, 0) is 42.3 Å². The van der Waals surface area contributed by atoms with E-state index in [4.69, 9.17) is 5.14 Å². The van der Waals surface area contributed by atoms with Gasteiger partial charge in [0.15, 0.2) is 5.82 Å². The number of anilines is 1. The van der Waals surface area contributed by atoms with Gasteiger partial charge in [-0.2, -0.15) is 0 Å². The number of carbonyl (C=O) groups excluding carboxylic acids is 1. The number of nitrogens with two attached hydrogens (primary N) is 1. The van der Waals surface area contributed by atoms with E-state index in [9.17, 15) is 26.4 Å². The molecule has 9 nitrogen and oxygen atoms in total. The zero-order valence-corrected chi connectivity index (χ0v) is 20.3. The number of aromatic amines is 1. The standard InChI is InChI=1S/C23H20F2N4O5S2/c1-2-9-29(35(31)32)19-8-7-18(24)20(21(19)25)22(30)17-12-28-23-16(17)10-14(11-27-23)13-3-5-15(6-4-13)36(26,33)34/h3-8,10-12H,2,9H2,1H3,(H,27,28)(H,31,32)(H2,26,33,34)/p-1. The van der Waals surface area contributed by atoms with Gasteiger partial charge >= 0.3 is 0 Å². The van der Waals surface area contributed by atoms with E-state index < -0.39 is 50.0 Å². The fraction of sp³-hybridized carbons (Fsp3) is 0.130. The second-order valence-corrected chi connectivity index (χ2v) is 10.2. The van der Waals surface area contributed by atoms with Gasteiger partial charge in [-0.3, -0.25) is 13.3 Å². The smallest absolute Gasteiger partial charge is 0.238 e. The monoisotopic (exact) mass is 533 g/mol. The second-order valence-electron chi connectivity index (χ2n) is 7.80. The predicted octanol–water partition coefficient (Wildman–Crippen LogP) is 3.40. The molecule has 2 aromatic carbocycles. The van der Waals surface area contributed by atoms with E-state index in [0.717, 1.165) is 12.1 Å². The highest BCUT2D eigenvalue weighted by molar-refractivity contribution is 7.89. The van der Waals surface area contributed by atoms with E-state index in [1.165, 1.54) is 36.7 Å². The van der Waals surface area contributed by atoms with Crippen LogP contribution in [0.25, 0.3) is 22.2 Å². The first-order valence-electron chi connectivity index (χ1n) is 10.5. The molecule has 0 aliphatic carbocycles. The molecule has 4 rings (SSSR count). The molecule has 3 N–H and O–H groups in total. The Hall–Kier alpha value is -3.52. The van der Waals surface area contributed by atoms with Gasteiger partial charge in [-0.1, -0.05) is 19.1 Å². The first-order valence-corrected chi connectivity index (χ1v) is 13.1. The van der Waals surface area contributed by atoms with Crippen molar-refractivity contribution in [3.63, 3.8) is 0 Å². The van der Waals surface area contributed by atoms with Crippen molar-refractivity contribution in [1.82, 2.24) is 9.97 Å². The summed E-state index contributed by atoms with van der Waals surface area (Å²) in [5.74, 6) is -3.45. The number of benzene rings is 2. The highest BCUT2D eigenvalue weighted by Gasteiger charge is 2.26. The zero-order chi connectivity index (χ0) is 26.2. The number of hydrogen-bond acceptors (Lipinski definition) is 6. The zero-order valence-electron chi connectivity index (χ0n) is 18.7. The van der Waals surface area contributed by atoms with E-state index in [2.05, 4.69) is 9.97 Å². The SMILES string of the molecule is CCCN(c1ccc(F)c(C(=O)c2c[nH]c3ncc(-c4ccc(S(N)(=O)=O)cc4)cc23)c1F)S(=O)[O-]. The molecule has 0 fully saturated rings. The van der Waals surface area contributed by atoms with Crippen LogP contribution in [0.15, 0.2) is 59.8 Å². The van der Waals surface area contributed by atoms with Crippen LogP contribution in [-0.2, 0) is 21.3 Å². The predicted molar refractivity (Wildman–Crippen MR) is 129 cm³/mol. The maximum atomic E-state index is 15.3. The highest BCUT2D eigenvalue weighted by atomic mass is 32.2. The maximum Gasteiger partial charge on any atom is 0.238 e. The lowest BCUT2D eigenvalue weighted by atomic mass is 9.99. The Morgan fingerprint density at radius 2 is 1.86 bits per heavy atom. The minimum atomic E-state index is -3.88. The largest absolute Gasteiger partial charge is 0.755 e. The number of pyridine rings is 1. The lowest BCUT2D eigenvalue weighted by Crippen LogP contribution is -2.28. The molecule has 2 aromatic heterocycles. The summed E-state index contributed by atoms with van der Waals surface area (Å²) in [5, 5.41) is 5.38. The van der Waals surface area contributed by atoms with Crippen molar-refractivity contribution in [3.8, 4) is 11.1 Å². The van der Waals surface area contributed by atoms with Crippen molar-refractivity contribution >= 4 is 43.8 Å². The first kappa shape index (κ1) is 25.6. The van der Waals surface area contributed by atoms with Crippen molar-refractivity contribution in [1.29, 1.82) is 0 Å². The molecule has 0 aliphatic rings. The molecule has 36 heavy (non-hydrogen) atoms. The van der Waals surface area contributed by atoms with Gasteiger partial charge in [0, 0.05) is 46.7 Å². The van der Waals surface area contributed by atoms with Crippen molar-refractivity contribution in [2.75, 3.05) is 10.8 Å². The number of ketones is 1. The lowest BCUT2D eigenvalue weighted by molar-refractivity contribution is 0.103. The molecule has 0 aliphatic heterocycles. The third-order valence-corrected chi connectivity index (χ3v) is 7.13. The van der Waals surface area contributed by atoms with Crippen LogP contribution in [0.4, 0.5) is 14.5 Å². The number of primary sulfonamides is 1. The molecule has 0 spiro atoms. The van der Waals surface area contributed by atoms with Gasteiger partial charge in [0.25, 0.3) is 0 Å². The summed E-state index contributed by atoms with van der Waals surface area (Å²) in [6.45, 7) is 1.63. The molecule has 0 saturated carbocycles. The highest BCUT2D eigenvalue weighted by Crippen LogP contribution is 2.31. The number of nitrogens with one attached hydrogen (secondary N) is 1. The molecule has 1 unspecified atom stereocenters. The van der Waals surface area contributed by atoms with E-state index in [-0.39, 0.29) is 28.0 Å². The number of aromatic nitrogens is 2. The summed E-state index contributed by atoms with van der Waals surface area (Å²) in [7, 11) is -3.88. The molecule has 13 heteroatoms. The molecule has 1 atom stereocenters. The summed E-state index contributed by atoms with van der Waals surface area (Å²) in [4.78, 5) is 20.2. The van der Waals surface area contributed by atoms with Crippen LogP contribution in [0, 0.1) is 11.6 Å². The summed E-state index contributed by atoms with van der Waals surface area (Å²) in [5.41, 5.74) is -0.0905. The van der Waals surface area contributed by atoms with Crippen LogP contribution >= 0.6 is 0 Å². The fourth-order valence-electron chi connectivity index (χ4n) is 3.74. The Balaban J connectivity index is 1.79. The molecule has 188 valence electrons. The summed E-state index contributed by atoms with van der Waals surface area (Å²) in [6, 6.07) is 9.01. The minimum absolute atomic E-state index is 0.0586. The fourth-order valence-corrected chi connectivity index (χ4v) is 4.89. The number of sulfonamides is 1. The van der Waals surface area contributed by atoms with Gasteiger partial charge in [0.1, 0.15) is 11.5 Å². The number of fused-ring (bicyclic) bond motifs is 1. The molecule has 0 bridgehead atoms. The second kappa shape index (κ2) is 9.85. The van der Waals surface area contributed by atoms with E-state index in [1.807, 2.05) is 0 Å². The minimum Gasteiger partial charge on any atom is -0.755 e. The Labute approximate surface area is 207 Å². The van der Waals surface area contributed by atoms with Crippen molar-refractivity contribution in [2.24, 2.45) is 5.14 Å². The third-order valence-electron chi connectivity index (χ3n) is 5.47. The topological polar surface area (TPSA) is 149 Å². The lowest BCUT2D eigenvalue weighted by Gasteiger charge is -2.26. The first-order chi connectivity index (χ1) is 17.0. The Bertz CT molecular complexity index is 1610. The molecule has 2 heterocycles. The quantitative estimate of drug-likeness (QED) is 0.262. The van der Waals surface area contributed by atoms with Crippen molar-refractivity contribution in [3.05, 3.63) is 77.6 Å². The average Bonchev–Trinajstić information content (AvgIpc) is 3.26. The van der Waals surface area contributed by atoms with Gasteiger partial charge in [0.2, 0.25) is 15.8 Å². The Morgan fingerprint density at radius 1 is 1.17 bits per heavy atom. The van der Waals surface area contributed by atoms with Gasteiger partial charge in [-0.25, -0.2) is 27.3 Å². The van der Waals surface area contributed by atoms with E-state index >= 15 is 4.39 Å². The van der Waals surface area contributed by atoms with E-state index in [0.29, 0.717) is 21.9 Å². The van der Waals surface area contributed by atoms with Crippen molar-refractivity contribution in [2.45, 2.75) is 18.2 Å². The van der Waals surface area contributed by atoms with Crippen LogP contribution in [0.1, 0.15) is 29.3 Å². The number of hydrogen-bond donors (Lipinski definition) is 2. The summed E-state index contributed by atoms with van der Waals surface area (Å²) in [6.07, 6.45) is 3.10. The van der Waals surface area contributed by atoms with Gasteiger partial charge in [-0.15, -0.1) is 0 Å². The normalized spacial score (nSPS) is 12.6. The summed E-state index contributed by atoms with van der Waals surface area (Å²) < 4.78 is 76.9. The summed E-state index contributed by atoms with van der Waals surface area (Å²) >= 11 is -2.84. The molecular formula is C23H19F2N4O5S2-. The van der Waals surface area contributed by atoms with Crippen LogP contribution in [-0.4, -0.2) is 39.5 Å². The third kappa shape index (κ3) is 4.78. The Kier molecular flexibility index (Phi) is 7.00. The molecule has 0 amide bonds. The molecular weight excluding hydrogens is 514 g/mol. The van der Waals surface area contributed by atoms with Crippen LogP contribution < -0.4 is 9.44 Å². The molecule has 0 saturated heterocycles. The van der Waals surface area contributed by atoms with Crippen LogP contribution in [0.5, 0.6) is 0 Å².